The van der Waals surface area contributed by atoms with E-state index in [1.54, 1.807) is 17.3 Å². The lowest BCUT2D eigenvalue weighted by Crippen LogP contribution is -2.32. The molecular formula is C16H19N3O2. The van der Waals surface area contributed by atoms with E-state index >= 15 is 0 Å². The second-order valence-electron chi connectivity index (χ2n) is 4.93. The second kappa shape index (κ2) is 7.38. The quantitative estimate of drug-likeness (QED) is 0.847. The molecule has 0 N–H and O–H groups in total. The molecule has 1 amide bonds. The molecule has 5 heteroatoms. The third-order valence-electron chi connectivity index (χ3n) is 2.75. The number of amides is 1. The van der Waals surface area contributed by atoms with Crippen molar-refractivity contribution < 1.29 is 9.53 Å². The highest BCUT2D eigenvalue weighted by Crippen LogP contribution is 2.09. The molecule has 110 valence electrons. The third kappa shape index (κ3) is 4.87. The summed E-state index contributed by atoms with van der Waals surface area (Å²) in [6.07, 6.45) is 2.90. The predicted molar refractivity (Wildman–Crippen MR) is 79.3 cm³/mol. The average molecular weight is 285 g/mol. The smallest absolute Gasteiger partial charge is 0.410 e. The summed E-state index contributed by atoms with van der Waals surface area (Å²) in [5, 5.41) is 0. The molecule has 0 aliphatic carbocycles. The number of aromatic nitrogens is 2. The standard InChI is InChI=1S/C16H19N3O2/c1-13(2)21-16(20)19(11-14-7-3-5-9-17-14)12-15-8-4-6-10-18-15/h3-10,13H,11-12H2,1-2H3. The molecule has 0 saturated carbocycles. The summed E-state index contributed by atoms with van der Waals surface area (Å²) in [7, 11) is 0. The number of rotatable bonds is 5. The van der Waals surface area contributed by atoms with Gasteiger partial charge in [-0.05, 0) is 38.1 Å². The molecule has 5 nitrogen and oxygen atoms in total. The molecule has 0 saturated heterocycles. The molecule has 0 fully saturated rings. The summed E-state index contributed by atoms with van der Waals surface area (Å²) >= 11 is 0. The van der Waals surface area contributed by atoms with Gasteiger partial charge in [0.1, 0.15) is 0 Å². The number of nitrogens with zero attached hydrogens (tertiary/aromatic N) is 3. The molecule has 0 radical (unpaired) electrons. The van der Waals surface area contributed by atoms with Crippen molar-refractivity contribution in [2.75, 3.05) is 0 Å². The van der Waals surface area contributed by atoms with E-state index in [4.69, 9.17) is 4.74 Å². The predicted octanol–water partition coefficient (Wildman–Crippen LogP) is 3.02. The van der Waals surface area contributed by atoms with Crippen LogP contribution in [0.2, 0.25) is 0 Å². The molecule has 21 heavy (non-hydrogen) atoms. The molecular weight excluding hydrogens is 266 g/mol. The van der Waals surface area contributed by atoms with Crippen LogP contribution in [0.1, 0.15) is 25.2 Å². The Morgan fingerprint density at radius 3 is 1.95 bits per heavy atom. The van der Waals surface area contributed by atoms with E-state index in [2.05, 4.69) is 9.97 Å². The minimum Gasteiger partial charge on any atom is -0.447 e. The number of carbonyl (C=O) groups is 1. The Labute approximate surface area is 124 Å². The molecule has 0 aliphatic heterocycles. The van der Waals surface area contributed by atoms with Crippen molar-refractivity contribution in [2.24, 2.45) is 0 Å². The minimum atomic E-state index is -0.360. The summed E-state index contributed by atoms with van der Waals surface area (Å²) in [6.45, 7) is 4.45. The average Bonchev–Trinajstić information content (AvgIpc) is 2.48. The highest BCUT2D eigenvalue weighted by Gasteiger charge is 2.18. The fourth-order valence-corrected chi connectivity index (χ4v) is 1.84. The van der Waals surface area contributed by atoms with E-state index < -0.39 is 0 Å². The van der Waals surface area contributed by atoms with Gasteiger partial charge in [-0.15, -0.1) is 0 Å². The lowest BCUT2D eigenvalue weighted by Gasteiger charge is -2.22. The first-order valence-electron chi connectivity index (χ1n) is 6.90. The zero-order valence-electron chi connectivity index (χ0n) is 12.3. The van der Waals surface area contributed by atoms with Gasteiger partial charge in [-0.25, -0.2) is 4.79 Å². The van der Waals surface area contributed by atoms with Crippen LogP contribution in [0.15, 0.2) is 48.8 Å². The zero-order valence-corrected chi connectivity index (χ0v) is 12.3. The molecule has 0 spiro atoms. The second-order valence-corrected chi connectivity index (χ2v) is 4.93. The van der Waals surface area contributed by atoms with Gasteiger partial charge in [-0.1, -0.05) is 12.1 Å². The van der Waals surface area contributed by atoms with Crippen LogP contribution >= 0.6 is 0 Å². The van der Waals surface area contributed by atoms with E-state index in [-0.39, 0.29) is 12.2 Å². The SMILES string of the molecule is CC(C)OC(=O)N(Cc1ccccn1)Cc1ccccn1. The molecule has 2 aromatic heterocycles. The van der Waals surface area contributed by atoms with Crippen LogP contribution in [0.5, 0.6) is 0 Å². The van der Waals surface area contributed by atoms with Gasteiger partial charge in [-0.3, -0.25) is 14.9 Å². The van der Waals surface area contributed by atoms with Crippen LogP contribution < -0.4 is 0 Å². The molecule has 0 unspecified atom stereocenters. The maximum absolute atomic E-state index is 12.2. The van der Waals surface area contributed by atoms with E-state index in [0.717, 1.165) is 11.4 Å². The van der Waals surface area contributed by atoms with E-state index in [1.807, 2.05) is 50.2 Å². The summed E-state index contributed by atoms with van der Waals surface area (Å²) < 4.78 is 5.29. The lowest BCUT2D eigenvalue weighted by molar-refractivity contribution is 0.0714. The van der Waals surface area contributed by atoms with Crippen LogP contribution in [-0.2, 0) is 17.8 Å². The zero-order chi connectivity index (χ0) is 15.1. The topological polar surface area (TPSA) is 55.3 Å². The normalized spacial score (nSPS) is 10.4. The first kappa shape index (κ1) is 15.0. The fourth-order valence-electron chi connectivity index (χ4n) is 1.84. The van der Waals surface area contributed by atoms with Crippen LogP contribution in [0, 0.1) is 0 Å². The first-order valence-corrected chi connectivity index (χ1v) is 6.90. The molecule has 0 atom stereocenters. The Morgan fingerprint density at radius 1 is 1.05 bits per heavy atom. The highest BCUT2D eigenvalue weighted by atomic mass is 16.6. The highest BCUT2D eigenvalue weighted by molar-refractivity contribution is 5.67. The van der Waals surface area contributed by atoms with E-state index in [0.29, 0.717) is 13.1 Å². The summed E-state index contributed by atoms with van der Waals surface area (Å²) in [6, 6.07) is 11.3. The van der Waals surface area contributed by atoms with Crippen LogP contribution in [0.3, 0.4) is 0 Å². The van der Waals surface area contributed by atoms with Crippen molar-refractivity contribution in [1.82, 2.24) is 14.9 Å². The number of ether oxygens (including phenoxy) is 1. The molecule has 2 heterocycles. The maximum atomic E-state index is 12.2. The fraction of sp³-hybridized carbons (Fsp3) is 0.312. The summed E-state index contributed by atoms with van der Waals surface area (Å²) in [5.74, 6) is 0. The van der Waals surface area contributed by atoms with Crippen molar-refractivity contribution in [3.8, 4) is 0 Å². The van der Waals surface area contributed by atoms with Crippen molar-refractivity contribution in [3.63, 3.8) is 0 Å². The van der Waals surface area contributed by atoms with Crippen LogP contribution in [-0.4, -0.2) is 27.1 Å². The first-order chi connectivity index (χ1) is 10.1. The molecule has 0 aliphatic rings. The van der Waals surface area contributed by atoms with Crippen molar-refractivity contribution in [3.05, 3.63) is 60.2 Å². The van der Waals surface area contributed by atoms with Crippen molar-refractivity contribution in [1.29, 1.82) is 0 Å². The van der Waals surface area contributed by atoms with Gasteiger partial charge in [0.25, 0.3) is 0 Å². The van der Waals surface area contributed by atoms with Gasteiger partial charge in [0.15, 0.2) is 0 Å². The molecule has 0 aromatic carbocycles. The van der Waals surface area contributed by atoms with Gasteiger partial charge < -0.3 is 4.74 Å². The van der Waals surface area contributed by atoms with Gasteiger partial charge in [0.2, 0.25) is 0 Å². The van der Waals surface area contributed by atoms with E-state index in [1.165, 1.54) is 0 Å². The summed E-state index contributed by atoms with van der Waals surface area (Å²) in [4.78, 5) is 22.3. The Hall–Kier alpha value is -2.43. The van der Waals surface area contributed by atoms with Gasteiger partial charge in [-0.2, -0.15) is 0 Å². The van der Waals surface area contributed by atoms with Gasteiger partial charge >= 0.3 is 6.09 Å². The Bertz CT molecular complexity index is 517. The Balaban J connectivity index is 2.12. The van der Waals surface area contributed by atoms with Crippen LogP contribution in [0.25, 0.3) is 0 Å². The monoisotopic (exact) mass is 285 g/mol. The summed E-state index contributed by atoms with van der Waals surface area (Å²) in [5.41, 5.74) is 1.63. The minimum absolute atomic E-state index is 0.160. The van der Waals surface area contributed by atoms with Gasteiger partial charge in [0.05, 0.1) is 30.6 Å². The molecule has 2 aromatic rings. The van der Waals surface area contributed by atoms with Gasteiger partial charge in [0, 0.05) is 12.4 Å². The number of hydrogen-bond acceptors (Lipinski definition) is 4. The number of carbonyl (C=O) groups excluding carboxylic acids is 1. The number of pyridine rings is 2. The largest absolute Gasteiger partial charge is 0.447 e. The van der Waals surface area contributed by atoms with Crippen molar-refractivity contribution in [2.45, 2.75) is 33.0 Å². The Kier molecular flexibility index (Phi) is 5.26. The van der Waals surface area contributed by atoms with E-state index in [9.17, 15) is 4.79 Å². The van der Waals surface area contributed by atoms with Crippen LogP contribution in [0.4, 0.5) is 4.79 Å². The number of hydrogen-bond donors (Lipinski definition) is 0. The molecule has 0 bridgehead atoms. The van der Waals surface area contributed by atoms with Crippen molar-refractivity contribution >= 4 is 6.09 Å². The maximum Gasteiger partial charge on any atom is 0.410 e. The Morgan fingerprint density at radius 2 is 1.57 bits per heavy atom. The lowest BCUT2D eigenvalue weighted by atomic mass is 10.3. The molecule has 2 rings (SSSR count). The third-order valence-corrected chi connectivity index (χ3v) is 2.75.